The summed E-state index contributed by atoms with van der Waals surface area (Å²) >= 11 is 1.42. The number of benzene rings is 1. The number of ether oxygens (including phenoxy) is 1. The van der Waals surface area contributed by atoms with Gasteiger partial charge in [0.25, 0.3) is 0 Å². The molecule has 0 aliphatic rings. The second kappa shape index (κ2) is 6.89. The molecule has 3 aromatic rings. The van der Waals surface area contributed by atoms with E-state index in [2.05, 4.69) is 20.6 Å². The minimum Gasteiger partial charge on any atom is -0.439 e. The largest absolute Gasteiger partial charge is 0.439 e. The van der Waals surface area contributed by atoms with Crippen molar-refractivity contribution in [3.63, 3.8) is 0 Å². The lowest BCUT2D eigenvalue weighted by Gasteiger charge is -2.12. The van der Waals surface area contributed by atoms with Gasteiger partial charge in [0.05, 0.1) is 5.69 Å². The van der Waals surface area contributed by atoms with Crippen molar-refractivity contribution in [2.75, 3.05) is 17.7 Å². The van der Waals surface area contributed by atoms with Gasteiger partial charge in [-0.2, -0.15) is 0 Å². The lowest BCUT2D eigenvalue weighted by atomic mass is 10.2. The minimum atomic E-state index is 0.155. The third kappa shape index (κ3) is 3.64. The molecule has 0 unspecified atom stereocenters. The van der Waals surface area contributed by atoms with Crippen LogP contribution in [0, 0.1) is 5.41 Å². The van der Waals surface area contributed by atoms with Gasteiger partial charge in [-0.05, 0) is 18.2 Å². The highest BCUT2D eigenvalue weighted by Crippen LogP contribution is 2.23. The number of nitrogens with one attached hydrogen (secondary N) is 3. The van der Waals surface area contributed by atoms with Crippen molar-refractivity contribution < 1.29 is 4.74 Å². The van der Waals surface area contributed by atoms with Crippen molar-refractivity contribution in [1.29, 1.82) is 5.41 Å². The molecule has 116 valence electrons. The topological polar surface area (TPSA) is 82.9 Å². The quantitative estimate of drug-likeness (QED) is 0.491. The lowest BCUT2D eigenvalue weighted by molar-refractivity contribution is 0.463. The maximum Gasteiger partial charge on any atom is 0.220 e. The van der Waals surface area contributed by atoms with Crippen LogP contribution in [0.2, 0.25) is 0 Å². The van der Waals surface area contributed by atoms with Gasteiger partial charge in [0, 0.05) is 24.7 Å². The Morgan fingerprint density at radius 3 is 2.70 bits per heavy atom. The maximum absolute atomic E-state index is 8.22. The summed E-state index contributed by atoms with van der Waals surface area (Å²) < 4.78 is 5.73. The van der Waals surface area contributed by atoms with Crippen LogP contribution in [0.15, 0.2) is 54.0 Å². The highest BCUT2D eigenvalue weighted by atomic mass is 32.1. The van der Waals surface area contributed by atoms with E-state index >= 15 is 0 Å². The van der Waals surface area contributed by atoms with Crippen LogP contribution in [0.5, 0.6) is 11.6 Å². The molecular weight excluding hydrogens is 310 g/mol. The Labute approximate surface area is 137 Å². The zero-order valence-electron chi connectivity index (χ0n) is 12.4. The highest BCUT2D eigenvalue weighted by molar-refractivity contribution is 7.13. The molecule has 7 heteroatoms. The molecule has 0 fully saturated rings. The van der Waals surface area contributed by atoms with Gasteiger partial charge >= 0.3 is 0 Å². The van der Waals surface area contributed by atoms with Gasteiger partial charge in [0.15, 0.2) is 11.0 Å². The first-order chi connectivity index (χ1) is 11.3. The van der Waals surface area contributed by atoms with Crippen LogP contribution in [0.25, 0.3) is 0 Å². The number of rotatable bonds is 5. The zero-order valence-corrected chi connectivity index (χ0v) is 13.2. The highest BCUT2D eigenvalue weighted by Gasteiger charge is 2.12. The second-order valence-corrected chi connectivity index (χ2v) is 5.44. The van der Waals surface area contributed by atoms with E-state index in [-0.39, 0.29) is 5.84 Å². The van der Waals surface area contributed by atoms with Crippen molar-refractivity contribution in [2.24, 2.45) is 0 Å². The second-order valence-electron chi connectivity index (χ2n) is 4.55. The Hall–Kier alpha value is -2.93. The van der Waals surface area contributed by atoms with Gasteiger partial charge in [-0.15, -0.1) is 11.3 Å². The summed E-state index contributed by atoms with van der Waals surface area (Å²) in [4.78, 5) is 8.54. The van der Waals surface area contributed by atoms with E-state index < -0.39 is 0 Å². The Balaban J connectivity index is 1.85. The minimum absolute atomic E-state index is 0.155. The smallest absolute Gasteiger partial charge is 0.220 e. The Morgan fingerprint density at radius 2 is 2.00 bits per heavy atom. The molecule has 0 atom stereocenters. The van der Waals surface area contributed by atoms with Crippen LogP contribution >= 0.6 is 11.3 Å². The lowest BCUT2D eigenvalue weighted by Crippen LogP contribution is -2.16. The van der Waals surface area contributed by atoms with Crippen molar-refractivity contribution >= 4 is 28.0 Å². The Kier molecular flexibility index (Phi) is 4.49. The number of thiazole rings is 1. The predicted molar refractivity (Wildman–Crippen MR) is 92.9 cm³/mol. The molecule has 0 spiro atoms. The summed E-state index contributed by atoms with van der Waals surface area (Å²) in [6.45, 7) is 0. The number of anilines is 2. The molecule has 0 aliphatic carbocycles. The van der Waals surface area contributed by atoms with E-state index in [1.54, 1.807) is 19.3 Å². The summed E-state index contributed by atoms with van der Waals surface area (Å²) in [7, 11) is 1.79. The van der Waals surface area contributed by atoms with Crippen LogP contribution < -0.4 is 15.4 Å². The molecule has 2 heterocycles. The van der Waals surface area contributed by atoms with Gasteiger partial charge < -0.3 is 15.4 Å². The van der Waals surface area contributed by atoms with Crippen molar-refractivity contribution in [3.8, 4) is 11.6 Å². The zero-order chi connectivity index (χ0) is 16.1. The Morgan fingerprint density at radius 1 is 1.17 bits per heavy atom. The molecule has 0 saturated carbocycles. The predicted octanol–water partition coefficient (Wildman–Crippen LogP) is 3.81. The summed E-state index contributed by atoms with van der Waals surface area (Å²) in [6, 6.07) is 13.0. The molecule has 0 bridgehead atoms. The van der Waals surface area contributed by atoms with E-state index in [9.17, 15) is 0 Å². The number of aromatic nitrogens is 2. The van der Waals surface area contributed by atoms with Gasteiger partial charge in [-0.25, -0.2) is 9.97 Å². The monoisotopic (exact) mass is 325 g/mol. The molecule has 0 saturated heterocycles. The normalized spacial score (nSPS) is 10.1. The fraction of sp³-hybridized carbons (Fsp3) is 0.0625. The van der Waals surface area contributed by atoms with Crippen molar-refractivity contribution in [3.05, 3.63) is 59.7 Å². The fourth-order valence-electron chi connectivity index (χ4n) is 1.95. The number of pyridine rings is 1. The van der Waals surface area contributed by atoms with Crippen LogP contribution in [-0.4, -0.2) is 22.9 Å². The standard InChI is InChI=1S/C16H15N5OS/c1-18-12-7-8-13(22-11-5-3-2-4-6-11)20-14(12)15(17)21-16-19-9-10-23-16/h2-10,18H,1H3,(H2,17,19,21). The first kappa shape index (κ1) is 15.0. The molecular formula is C16H15N5OS. The van der Waals surface area contributed by atoms with Gasteiger partial charge in [0.2, 0.25) is 5.88 Å². The SMILES string of the molecule is CNc1ccc(Oc2ccccc2)nc1C(=N)Nc1nccs1. The molecule has 6 nitrogen and oxygen atoms in total. The fourth-order valence-corrected chi connectivity index (χ4v) is 2.48. The summed E-state index contributed by atoms with van der Waals surface area (Å²) in [5, 5.41) is 16.7. The molecule has 2 aromatic heterocycles. The van der Waals surface area contributed by atoms with E-state index in [1.165, 1.54) is 11.3 Å². The van der Waals surface area contributed by atoms with Gasteiger partial charge in [-0.3, -0.25) is 5.41 Å². The average molecular weight is 325 g/mol. The van der Waals surface area contributed by atoms with Gasteiger partial charge in [0.1, 0.15) is 11.4 Å². The van der Waals surface area contributed by atoms with Gasteiger partial charge in [-0.1, -0.05) is 18.2 Å². The van der Waals surface area contributed by atoms with E-state index in [0.717, 1.165) is 5.69 Å². The summed E-state index contributed by atoms with van der Waals surface area (Å²) in [6.07, 6.45) is 1.68. The van der Waals surface area contributed by atoms with Crippen LogP contribution in [0.1, 0.15) is 5.69 Å². The van der Waals surface area contributed by atoms with Crippen LogP contribution in [-0.2, 0) is 0 Å². The number of hydrogen-bond donors (Lipinski definition) is 3. The van der Waals surface area contributed by atoms with E-state index in [1.807, 2.05) is 41.8 Å². The van der Waals surface area contributed by atoms with E-state index in [4.69, 9.17) is 10.1 Å². The van der Waals surface area contributed by atoms with E-state index in [0.29, 0.717) is 22.5 Å². The molecule has 0 aliphatic heterocycles. The van der Waals surface area contributed by atoms with Crippen LogP contribution in [0.3, 0.4) is 0 Å². The molecule has 23 heavy (non-hydrogen) atoms. The number of nitrogens with zero attached hydrogens (tertiary/aromatic N) is 2. The van der Waals surface area contributed by atoms with Crippen molar-refractivity contribution in [1.82, 2.24) is 9.97 Å². The molecule has 0 radical (unpaired) electrons. The third-order valence-electron chi connectivity index (χ3n) is 3.01. The number of amidine groups is 1. The van der Waals surface area contributed by atoms with Crippen LogP contribution in [0.4, 0.5) is 10.8 Å². The molecule has 3 rings (SSSR count). The molecule has 0 amide bonds. The molecule has 3 N–H and O–H groups in total. The third-order valence-corrected chi connectivity index (χ3v) is 3.69. The average Bonchev–Trinajstić information content (AvgIpc) is 3.08. The first-order valence-electron chi connectivity index (χ1n) is 6.93. The summed E-state index contributed by atoms with van der Waals surface area (Å²) in [5.41, 5.74) is 1.20. The number of hydrogen-bond acceptors (Lipinski definition) is 6. The Bertz CT molecular complexity index is 789. The molecule has 1 aromatic carbocycles. The summed E-state index contributed by atoms with van der Waals surface area (Å²) in [5.74, 6) is 1.28. The van der Waals surface area contributed by atoms with Crippen molar-refractivity contribution in [2.45, 2.75) is 0 Å². The number of para-hydroxylation sites is 1. The first-order valence-corrected chi connectivity index (χ1v) is 7.81. The maximum atomic E-state index is 8.22.